The highest BCUT2D eigenvalue weighted by atomic mass is 32.2. The number of piperidine rings is 1. The van der Waals surface area contributed by atoms with Crippen molar-refractivity contribution in [2.45, 2.75) is 32.8 Å². The average Bonchev–Trinajstić information content (AvgIpc) is 2.17. The summed E-state index contributed by atoms with van der Waals surface area (Å²) in [5, 5.41) is 10.2. The van der Waals surface area contributed by atoms with Crippen molar-refractivity contribution in [2.75, 3.05) is 25.9 Å². The van der Waals surface area contributed by atoms with Crippen LogP contribution in [0, 0.1) is 5.41 Å². The molecule has 1 saturated heterocycles. The number of hydrogen-bond donors (Lipinski definition) is 2. The summed E-state index contributed by atoms with van der Waals surface area (Å²) >= 11 is 0. The molecule has 6 nitrogen and oxygen atoms in total. The van der Waals surface area contributed by atoms with Crippen LogP contribution in [0.5, 0.6) is 0 Å². The lowest BCUT2D eigenvalue weighted by molar-refractivity contribution is -0.145. The van der Waals surface area contributed by atoms with Gasteiger partial charge in [-0.05, 0) is 13.3 Å². The largest absolute Gasteiger partial charge is 0.389 e. The van der Waals surface area contributed by atoms with Crippen molar-refractivity contribution in [3.05, 3.63) is 0 Å². The van der Waals surface area contributed by atoms with Gasteiger partial charge in [-0.1, -0.05) is 13.8 Å². The zero-order chi connectivity index (χ0) is 14.2. The van der Waals surface area contributed by atoms with Gasteiger partial charge in [0.2, 0.25) is 15.9 Å². The Balaban J connectivity index is 2.63. The number of aliphatic hydroxyl groups is 1. The molecule has 1 heterocycles. The maximum absolute atomic E-state index is 11.9. The summed E-state index contributed by atoms with van der Waals surface area (Å²) in [5.41, 5.74) is -1.22. The van der Waals surface area contributed by atoms with E-state index in [4.69, 9.17) is 0 Å². The monoisotopic (exact) mass is 278 g/mol. The van der Waals surface area contributed by atoms with E-state index in [1.807, 2.05) is 13.8 Å². The Morgan fingerprint density at radius 3 is 2.39 bits per heavy atom. The van der Waals surface area contributed by atoms with Gasteiger partial charge in [0.1, 0.15) is 0 Å². The Morgan fingerprint density at radius 2 is 1.94 bits per heavy atom. The van der Waals surface area contributed by atoms with Crippen LogP contribution in [0.3, 0.4) is 0 Å². The number of nitrogens with zero attached hydrogens (tertiary/aromatic N) is 1. The van der Waals surface area contributed by atoms with Gasteiger partial charge in [0.25, 0.3) is 0 Å². The molecule has 1 rings (SSSR count). The molecule has 1 aliphatic rings. The van der Waals surface area contributed by atoms with Crippen LogP contribution in [0.4, 0.5) is 0 Å². The number of rotatable bonds is 3. The van der Waals surface area contributed by atoms with Gasteiger partial charge >= 0.3 is 0 Å². The van der Waals surface area contributed by atoms with Gasteiger partial charge in [-0.15, -0.1) is 0 Å². The molecule has 0 spiro atoms. The smallest absolute Gasteiger partial charge is 0.237 e. The fourth-order valence-corrected chi connectivity index (χ4v) is 2.32. The third-order valence-electron chi connectivity index (χ3n) is 3.75. The van der Waals surface area contributed by atoms with Crippen molar-refractivity contribution >= 4 is 15.9 Å². The normalized spacial score (nSPS) is 28.2. The standard InChI is InChI=1S/C11H22N2O4S/c1-10(2)8-13(6-5-11(10,3)15)9(14)7-12-18(4,16)17/h12,15H,5-8H2,1-4H3/t11-/m0/s1. The van der Waals surface area contributed by atoms with Gasteiger partial charge in [-0.2, -0.15) is 0 Å². The van der Waals surface area contributed by atoms with Crippen LogP contribution in [0.15, 0.2) is 0 Å². The molecular weight excluding hydrogens is 256 g/mol. The van der Waals surface area contributed by atoms with Gasteiger partial charge in [0.15, 0.2) is 0 Å². The lowest BCUT2D eigenvalue weighted by Gasteiger charge is -2.48. The van der Waals surface area contributed by atoms with Gasteiger partial charge < -0.3 is 10.0 Å². The molecule has 0 aromatic rings. The molecule has 1 atom stereocenters. The van der Waals surface area contributed by atoms with Crippen molar-refractivity contribution < 1.29 is 18.3 Å². The molecule has 1 amide bonds. The molecule has 18 heavy (non-hydrogen) atoms. The Labute approximate surface area is 108 Å². The molecule has 0 unspecified atom stereocenters. The first-order valence-corrected chi connectivity index (χ1v) is 7.79. The second-order valence-electron chi connectivity index (χ2n) is 5.82. The Morgan fingerprint density at radius 1 is 1.39 bits per heavy atom. The molecular formula is C11H22N2O4S. The van der Waals surface area contributed by atoms with Crippen LogP contribution in [0.1, 0.15) is 27.2 Å². The number of amides is 1. The lowest BCUT2D eigenvalue weighted by Crippen LogP contribution is -2.58. The van der Waals surface area contributed by atoms with Crippen LogP contribution >= 0.6 is 0 Å². The van der Waals surface area contributed by atoms with Crippen molar-refractivity contribution in [1.82, 2.24) is 9.62 Å². The van der Waals surface area contributed by atoms with Crippen LogP contribution < -0.4 is 4.72 Å². The van der Waals surface area contributed by atoms with Gasteiger partial charge in [0.05, 0.1) is 18.4 Å². The van der Waals surface area contributed by atoms with Crippen LogP contribution in [-0.2, 0) is 14.8 Å². The fourth-order valence-electron chi connectivity index (χ4n) is 1.94. The maximum atomic E-state index is 11.9. The predicted octanol–water partition coefficient (Wildman–Crippen LogP) is -0.455. The molecule has 0 aromatic carbocycles. The first-order valence-electron chi connectivity index (χ1n) is 5.89. The number of carbonyl (C=O) groups excluding carboxylic acids is 1. The summed E-state index contributed by atoms with van der Waals surface area (Å²) in [5.74, 6) is -0.260. The Kier molecular flexibility index (Phi) is 4.10. The SMILES string of the molecule is CC1(C)CN(C(=O)CNS(C)(=O)=O)CC[C@]1(C)O. The van der Waals surface area contributed by atoms with Crippen molar-refractivity contribution in [3.8, 4) is 0 Å². The molecule has 7 heteroatoms. The van der Waals surface area contributed by atoms with E-state index in [1.165, 1.54) is 0 Å². The van der Waals surface area contributed by atoms with E-state index in [0.717, 1.165) is 6.26 Å². The Bertz CT molecular complexity index is 428. The van der Waals surface area contributed by atoms with E-state index >= 15 is 0 Å². The Hall–Kier alpha value is -0.660. The molecule has 106 valence electrons. The highest BCUT2D eigenvalue weighted by Crippen LogP contribution is 2.37. The number of hydrogen-bond acceptors (Lipinski definition) is 4. The summed E-state index contributed by atoms with van der Waals surface area (Å²) < 4.78 is 24.0. The molecule has 0 radical (unpaired) electrons. The number of carbonyl (C=O) groups is 1. The number of nitrogens with one attached hydrogen (secondary N) is 1. The van der Waals surface area contributed by atoms with E-state index in [9.17, 15) is 18.3 Å². The zero-order valence-electron chi connectivity index (χ0n) is 11.4. The maximum Gasteiger partial charge on any atom is 0.237 e. The molecule has 2 N–H and O–H groups in total. The van der Waals surface area contributed by atoms with E-state index in [0.29, 0.717) is 19.5 Å². The summed E-state index contributed by atoms with van der Waals surface area (Å²) in [6.45, 7) is 6.21. The second-order valence-corrected chi connectivity index (χ2v) is 7.65. The summed E-state index contributed by atoms with van der Waals surface area (Å²) in [7, 11) is -3.36. The minimum Gasteiger partial charge on any atom is -0.389 e. The summed E-state index contributed by atoms with van der Waals surface area (Å²) in [6.07, 6.45) is 1.51. The second kappa shape index (κ2) is 4.79. The molecule has 0 aromatic heterocycles. The summed E-state index contributed by atoms with van der Waals surface area (Å²) in [4.78, 5) is 13.5. The van der Waals surface area contributed by atoms with Gasteiger partial charge in [-0.3, -0.25) is 4.79 Å². The highest BCUT2D eigenvalue weighted by Gasteiger charge is 2.44. The fraction of sp³-hybridized carbons (Fsp3) is 0.909. The predicted molar refractivity (Wildman–Crippen MR) is 68.4 cm³/mol. The molecule has 0 aliphatic carbocycles. The third kappa shape index (κ3) is 3.66. The van der Waals surface area contributed by atoms with Crippen molar-refractivity contribution in [3.63, 3.8) is 0 Å². The molecule has 0 bridgehead atoms. The van der Waals surface area contributed by atoms with Crippen LogP contribution in [-0.4, -0.2) is 55.8 Å². The van der Waals surface area contributed by atoms with E-state index < -0.39 is 21.0 Å². The highest BCUT2D eigenvalue weighted by molar-refractivity contribution is 7.88. The minimum atomic E-state index is -3.36. The van der Waals surface area contributed by atoms with Crippen molar-refractivity contribution in [1.29, 1.82) is 0 Å². The molecule has 0 saturated carbocycles. The molecule has 1 aliphatic heterocycles. The van der Waals surface area contributed by atoms with E-state index in [1.54, 1.807) is 11.8 Å². The van der Waals surface area contributed by atoms with Gasteiger partial charge in [-0.25, -0.2) is 13.1 Å². The van der Waals surface area contributed by atoms with Gasteiger partial charge in [0, 0.05) is 18.5 Å². The first kappa shape index (κ1) is 15.4. The number of likely N-dealkylation sites (tertiary alicyclic amines) is 1. The van der Waals surface area contributed by atoms with Crippen LogP contribution in [0.2, 0.25) is 0 Å². The van der Waals surface area contributed by atoms with E-state index in [2.05, 4.69) is 4.72 Å². The first-order chi connectivity index (χ1) is 7.95. The average molecular weight is 278 g/mol. The van der Waals surface area contributed by atoms with Crippen molar-refractivity contribution in [2.24, 2.45) is 5.41 Å². The number of sulfonamides is 1. The topological polar surface area (TPSA) is 86.7 Å². The molecule has 1 fully saturated rings. The zero-order valence-corrected chi connectivity index (χ0v) is 12.2. The van der Waals surface area contributed by atoms with Crippen LogP contribution in [0.25, 0.3) is 0 Å². The third-order valence-corrected chi connectivity index (χ3v) is 4.42. The minimum absolute atomic E-state index is 0.225. The van der Waals surface area contributed by atoms with E-state index in [-0.39, 0.29) is 12.5 Å². The lowest BCUT2D eigenvalue weighted by atomic mass is 9.71. The quantitative estimate of drug-likeness (QED) is 0.732. The summed E-state index contributed by atoms with van der Waals surface area (Å²) in [6, 6.07) is 0.